The maximum absolute atomic E-state index is 12.7. The highest BCUT2D eigenvalue weighted by molar-refractivity contribution is 6.00. The van der Waals surface area contributed by atoms with Gasteiger partial charge in [-0.1, -0.05) is 12.1 Å². The van der Waals surface area contributed by atoms with Gasteiger partial charge in [0.05, 0.1) is 12.5 Å². The highest BCUT2D eigenvalue weighted by Crippen LogP contribution is 2.27. The maximum atomic E-state index is 12.7. The number of carbonyl (C=O) groups is 3. The first kappa shape index (κ1) is 20.8. The van der Waals surface area contributed by atoms with Gasteiger partial charge in [-0.3, -0.25) is 19.7 Å². The molecule has 0 bridgehead atoms. The number of likely N-dealkylation sites (tertiary alicyclic amines) is 1. The summed E-state index contributed by atoms with van der Waals surface area (Å²) < 4.78 is 5.98. The van der Waals surface area contributed by atoms with Crippen LogP contribution < -0.4 is 15.4 Å². The Balaban J connectivity index is 1.21. The average Bonchev–Trinajstić information content (AvgIpc) is 2.79. The van der Waals surface area contributed by atoms with E-state index >= 15 is 0 Å². The second kappa shape index (κ2) is 9.60. The number of hydrogen-bond donors (Lipinski definition) is 2. The molecule has 162 valence electrons. The van der Waals surface area contributed by atoms with Crippen LogP contribution in [0.4, 0.5) is 0 Å². The van der Waals surface area contributed by atoms with E-state index in [2.05, 4.69) is 10.6 Å². The van der Waals surface area contributed by atoms with Gasteiger partial charge in [0.1, 0.15) is 5.75 Å². The SMILES string of the molecule is O=C1CC[C@H](c2ccc(OCC3CCN(C(=O)C4CCNCC4)CC3)cc2)C(=O)N1. The van der Waals surface area contributed by atoms with Crippen LogP contribution in [0.2, 0.25) is 0 Å². The van der Waals surface area contributed by atoms with Crippen LogP contribution in [-0.4, -0.2) is 55.4 Å². The van der Waals surface area contributed by atoms with Crippen molar-refractivity contribution in [2.24, 2.45) is 11.8 Å². The van der Waals surface area contributed by atoms with Crippen LogP contribution in [0, 0.1) is 11.8 Å². The number of ether oxygens (including phenoxy) is 1. The van der Waals surface area contributed by atoms with Gasteiger partial charge in [0.25, 0.3) is 0 Å². The summed E-state index contributed by atoms with van der Waals surface area (Å²) in [7, 11) is 0. The zero-order valence-electron chi connectivity index (χ0n) is 17.4. The lowest BCUT2D eigenvalue weighted by atomic mass is 9.90. The molecule has 3 amide bonds. The number of hydrogen-bond acceptors (Lipinski definition) is 5. The molecule has 0 aliphatic carbocycles. The number of piperidine rings is 3. The largest absolute Gasteiger partial charge is 0.493 e. The molecule has 1 atom stereocenters. The molecule has 4 rings (SSSR count). The van der Waals surface area contributed by atoms with E-state index in [1.54, 1.807) is 0 Å². The standard InChI is InChI=1S/C23H31N3O4/c27-21-6-5-20(22(28)25-21)17-1-3-19(4-2-17)30-15-16-9-13-26(14-10-16)23(29)18-7-11-24-12-8-18/h1-4,16,18,20,24H,5-15H2,(H,25,27,28)/t20-/m1/s1. The summed E-state index contributed by atoms with van der Waals surface area (Å²) in [6.45, 7) is 4.19. The van der Waals surface area contributed by atoms with Gasteiger partial charge >= 0.3 is 0 Å². The molecule has 1 aromatic rings. The topological polar surface area (TPSA) is 87.7 Å². The minimum absolute atomic E-state index is 0.195. The van der Waals surface area contributed by atoms with Crippen molar-refractivity contribution in [1.29, 1.82) is 0 Å². The Morgan fingerprint density at radius 2 is 1.70 bits per heavy atom. The molecule has 0 spiro atoms. The Morgan fingerprint density at radius 3 is 2.37 bits per heavy atom. The van der Waals surface area contributed by atoms with E-state index in [-0.39, 0.29) is 23.7 Å². The summed E-state index contributed by atoms with van der Waals surface area (Å²) in [5.41, 5.74) is 0.914. The fourth-order valence-corrected chi connectivity index (χ4v) is 4.67. The van der Waals surface area contributed by atoms with E-state index in [4.69, 9.17) is 4.74 Å². The maximum Gasteiger partial charge on any atom is 0.234 e. The van der Waals surface area contributed by atoms with Gasteiger partial charge in [0.2, 0.25) is 17.7 Å². The van der Waals surface area contributed by atoms with Crippen LogP contribution in [0.5, 0.6) is 5.75 Å². The Morgan fingerprint density at radius 1 is 1.00 bits per heavy atom. The van der Waals surface area contributed by atoms with Gasteiger partial charge in [0.15, 0.2) is 0 Å². The molecule has 1 aromatic carbocycles. The van der Waals surface area contributed by atoms with Crippen molar-refractivity contribution in [3.05, 3.63) is 29.8 Å². The molecule has 3 aliphatic rings. The van der Waals surface area contributed by atoms with Crippen molar-refractivity contribution in [2.75, 3.05) is 32.8 Å². The van der Waals surface area contributed by atoms with Gasteiger partial charge in [-0.25, -0.2) is 0 Å². The van der Waals surface area contributed by atoms with Crippen LogP contribution in [-0.2, 0) is 14.4 Å². The lowest BCUT2D eigenvalue weighted by Crippen LogP contribution is -2.45. The zero-order valence-corrected chi connectivity index (χ0v) is 17.4. The Bertz CT molecular complexity index is 765. The first-order valence-corrected chi connectivity index (χ1v) is 11.2. The lowest BCUT2D eigenvalue weighted by Gasteiger charge is -2.35. The summed E-state index contributed by atoms with van der Waals surface area (Å²) in [5.74, 6) is 1.10. The van der Waals surface area contributed by atoms with Crippen molar-refractivity contribution < 1.29 is 19.1 Å². The molecule has 0 radical (unpaired) electrons. The first-order chi connectivity index (χ1) is 14.6. The average molecular weight is 414 g/mol. The molecule has 0 unspecified atom stereocenters. The number of imide groups is 1. The molecule has 3 heterocycles. The number of rotatable bonds is 5. The highest BCUT2D eigenvalue weighted by Gasteiger charge is 2.30. The van der Waals surface area contributed by atoms with Crippen molar-refractivity contribution in [2.45, 2.75) is 44.4 Å². The summed E-state index contributed by atoms with van der Waals surface area (Å²) in [5, 5.41) is 5.72. The molecule has 0 saturated carbocycles. The Kier molecular flexibility index (Phi) is 6.67. The van der Waals surface area contributed by atoms with Crippen molar-refractivity contribution in [3.8, 4) is 5.75 Å². The second-order valence-corrected chi connectivity index (χ2v) is 8.68. The predicted octanol–water partition coefficient (Wildman–Crippen LogP) is 1.82. The second-order valence-electron chi connectivity index (χ2n) is 8.68. The van der Waals surface area contributed by atoms with E-state index < -0.39 is 0 Å². The number of nitrogens with one attached hydrogen (secondary N) is 2. The van der Waals surface area contributed by atoms with Crippen molar-refractivity contribution >= 4 is 17.7 Å². The smallest absolute Gasteiger partial charge is 0.234 e. The van der Waals surface area contributed by atoms with Crippen molar-refractivity contribution in [1.82, 2.24) is 15.5 Å². The first-order valence-electron chi connectivity index (χ1n) is 11.2. The molecule has 7 heteroatoms. The molecule has 3 saturated heterocycles. The molecule has 3 aliphatic heterocycles. The third-order valence-corrected chi connectivity index (χ3v) is 6.62. The number of benzene rings is 1. The lowest BCUT2D eigenvalue weighted by molar-refractivity contribution is -0.138. The predicted molar refractivity (Wildman–Crippen MR) is 112 cm³/mol. The van der Waals surface area contributed by atoms with Crippen LogP contribution in [0.3, 0.4) is 0 Å². The zero-order chi connectivity index (χ0) is 20.9. The van der Waals surface area contributed by atoms with Gasteiger partial charge in [-0.05, 0) is 68.8 Å². The van der Waals surface area contributed by atoms with E-state index in [0.717, 1.165) is 63.2 Å². The van der Waals surface area contributed by atoms with Crippen LogP contribution >= 0.6 is 0 Å². The van der Waals surface area contributed by atoms with Gasteiger partial charge < -0.3 is 15.0 Å². The van der Waals surface area contributed by atoms with Crippen LogP contribution in [0.25, 0.3) is 0 Å². The fraction of sp³-hybridized carbons (Fsp3) is 0.609. The molecule has 0 aromatic heterocycles. The van der Waals surface area contributed by atoms with E-state index in [1.807, 2.05) is 29.2 Å². The molecule has 7 nitrogen and oxygen atoms in total. The summed E-state index contributed by atoms with van der Waals surface area (Å²) in [6, 6.07) is 7.62. The summed E-state index contributed by atoms with van der Waals surface area (Å²) in [4.78, 5) is 38.0. The molecule has 2 N–H and O–H groups in total. The van der Waals surface area contributed by atoms with Gasteiger partial charge in [-0.15, -0.1) is 0 Å². The van der Waals surface area contributed by atoms with E-state index in [1.165, 1.54) is 0 Å². The van der Waals surface area contributed by atoms with Crippen LogP contribution in [0.1, 0.15) is 50.0 Å². The quantitative estimate of drug-likeness (QED) is 0.719. The number of carbonyl (C=O) groups excluding carboxylic acids is 3. The molecule has 3 fully saturated rings. The van der Waals surface area contributed by atoms with E-state index in [9.17, 15) is 14.4 Å². The fourth-order valence-electron chi connectivity index (χ4n) is 4.67. The molecule has 30 heavy (non-hydrogen) atoms. The summed E-state index contributed by atoms with van der Waals surface area (Å²) in [6.07, 6.45) is 4.80. The highest BCUT2D eigenvalue weighted by atomic mass is 16.5. The normalized spacial score (nSPS) is 23.9. The number of nitrogens with zero attached hydrogens (tertiary/aromatic N) is 1. The monoisotopic (exact) mass is 413 g/mol. The minimum atomic E-state index is -0.265. The Labute approximate surface area is 177 Å². The van der Waals surface area contributed by atoms with Crippen molar-refractivity contribution in [3.63, 3.8) is 0 Å². The van der Waals surface area contributed by atoms with Gasteiger partial charge in [0, 0.05) is 25.4 Å². The third-order valence-electron chi connectivity index (χ3n) is 6.62. The van der Waals surface area contributed by atoms with E-state index in [0.29, 0.717) is 31.3 Å². The number of amides is 3. The Hall–Kier alpha value is -2.41. The minimum Gasteiger partial charge on any atom is -0.493 e. The van der Waals surface area contributed by atoms with Crippen LogP contribution in [0.15, 0.2) is 24.3 Å². The molecular formula is C23H31N3O4. The third kappa shape index (κ3) is 5.01. The summed E-state index contributed by atoms with van der Waals surface area (Å²) >= 11 is 0. The molecular weight excluding hydrogens is 382 g/mol. The van der Waals surface area contributed by atoms with Gasteiger partial charge in [-0.2, -0.15) is 0 Å².